The molecule has 3 N–H and O–H groups in total. The minimum atomic E-state index is -1.58. The molecule has 0 saturated heterocycles. The highest BCUT2D eigenvalue weighted by molar-refractivity contribution is 5.74. The second-order valence-corrected chi connectivity index (χ2v) is 5.67. The van der Waals surface area contributed by atoms with Crippen LogP contribution in [0.15, 0.2) is 12.1 Å². The Hall–Kier alpha value is -1.76. The van der Waals surface area contributed by atoms with Crippen molar-refractivity contribution in [2.24, 2.45) is 5.92 Å². The van der Waals surface area contributed by atoms with Gasteiger partial charge in [0.05, 0.1) is 12.6 Å². The Labute approximate surface area is 126 Å². The third kappa shape index (κ3) is 3.71. The predicted octanol–water partition coefficient (Wildman–Crippen LogP) is 2.63. The highest BCUT2D eigenvalue weighted by Gasteiger charge is 2.26. The zero-order chi connectivity index (χ0) is 16.3. The molecule has 1 aromatic carbocycles. The summed E-state index contributed by atoms with van der Waals surface area (Å²) in [6, 6.07) is 0.0283. The van der Waals surface area contributed by atoms with Crippen molar-refractivity contribution < 1.29 is 23.1 Å². The third-order valence-electron chi connectivity index (χ3n) is 4.07. The number of hydrogen-bond acceptors (Lipinski definition) is 2. The highest BCUT2D eigenvalue weighted by Crippen LogP contribution is 2.25. The largest absolute Gasteiger partial charge is 0.394 e. The number of hydrogen-bond donors (Lipinski definition) is 3. The van der Waals surface area contributed by atoms with Gasteiger partial charge in [-0.3, -0.25) is 0 Å². The fourth-order valence-corrected chi connectivity index (χ4v) is 2.74. The van der Waals surface area contributed by atoms with Crippen molar-refractivity contribution in [3.8, 4) is 0 Å². The molecule has 2 rings (SSSR count). The van der Waals surface area contributed by atoms with Gasteiger partial charge in [-0.1, -0.05) is 13.3 Å². The molecule has 122 valence electrons. The summed E-state index contributed by atoms with van der Waals surface area (Å²) in [6.45, 7) is 1.48. The molecular weight excluding hydrogens is 297 g/mol. The fraction of sp³-hybridized carbons (Fsp3) is 0.533. The van der Waals surface area contributed by atoms with E-state index in [9.17, 15) is 23.1 Å². The van der Waals surface area contributed by atoms with Gasteiger partial charge in [0.15, 0.2) is 17.5 Å². The molecule has 1 aromatic rings. The van der Waals surface area contributed by atoms with Gasteiger partial charge in [-0.2, -0.15) is 0 Å². The first-order valence-electron chi connectivity index (χ1n) is 7.24. The monoisotopic (exact) mass is 316 g/mol. The summed E-state index contributed by atoms with van der Waals surface area (Å²) >= 11 is 0. The van der Waals surface area contributed by atoms with Gasteiger partial charge in [0.25, 0.3) is 0 Å². The first-order chi connectivity index (χ1) is 10.4. The zero-order valence-corrected chi connectivity index (χ0v) is 12.2. The minimum Gasteiger partial charge on any atom is -0.394 e. The molecule has 3 unspecified atom stereocenters. The van der Waals surface area contributed by atoms with Gasteiger partial charge in [-0.25, -0.2) is 18.0 Å². The van der Waals surface area contributed by atoms with Crippen LogP contribution in [0, 0.1) is 23.4 Å². The number of carbonyl (C=O) groups is 1. The average Bonchev–Trinajstić information content (AvgIpc) is 2.87. The normalized spacial score (nSPS) is 22.4. The van der Waals surface area contributed by atoms with E-state index in [1.54, 1.807) is 0 Å². The van der Waals surface area contributed by atoms with Gasteiger partial charge >= 0.3 is 6.03 Å². The number of carbonyl (C=O) groups excluding carboxylic acids is 1. The number of aliphatic hydroxyl groups excluding tert-OH is 1. The Kier molecular flexibility index (Phi) is 5.28. The molecule has 1 aliphatic carbocycles. The van der Waals surface area contributed by atoms with Crippen LogP contribution in [0.5, 0.6) is 0 Å². The van der Waals surface area contributed by atoms with E-state index in [0.29, 0.717) is 5.92 Å². The van der Waals surface area contributed by atoms with E-state index in [1.807, 2.05) is 6.92 Å². The molecule has 22 heavy (non-hydrogen) atoms. The summed E-state index contributed by atoms with van der Waals surface area (Å²) in [7, 11) is 0. The summed E-state index contributed by atoms with van der Waals surface area (Å²) in [5, 5.41) is 14.5. The van der Waals surface area contributed by atoms with Crippen LogP contribution in [0.4, 0.5) is 18.0 Å². The van der Waals surface area contributed by atoms with Crippen LogP contribution in [0.2, 0.25) is 0 Å². The third-order valence-corrected chi connectivity index (χ3v) is 4.07. The van der Waals surface area contributed by atoms with Gasteiger partial charge in [0, 0.05) is 6.04 Å². The molecule has 4 nitrogen and oxygen atoms in total. The molecule has 3 atom stereocenters. The number of benzene rings is 1. The van der Waals surface area contributed by atoms with Crippen molar-refractivity contribution in [1.29, 1.82) is 0 Å². The quantitative estimate of drug-likeness (QED) is 0.748. The van der Waals surface area contributed by atoms with Gasteiger partial charge < -0.3 is 15.7 Å². The van der Waals surface area contributed by atoms with Crippen LogP contribution in [0.1, 0.15) is 37.8 Å². The van der Waals surface area contributed by atoms with Crippen molar-refractivity contribution in [2.75, 3.05) is 6.61 Å². The molecule has 0 spiro atoms. The van der Waals surface area contributed by atoms with E-state index in [2.05, 4.69) is 10.6 Å². The number of amides is 2. The predicted molar refractivity (Wildman–Crippen MR) is 74.6 cm³/mol. The van der Waals surface area contributed by atoms with E-state index in [4.69, 9.17) is 0 Å². The minimum absolute atomic E-state index is 0.0338. The van der Waals surface area contributed by atoms with E-state index in [1.165, 1.54) is 0 Å². The lowest BCUT2D eigenvalue weighted by Crippen LogP contribution is -2.45. The Bertz CT molecular complexity index is 531. The van der Waals surface area contributed by atoms with Gasteiger partial charge in [0.2, 0.25) is 0 Å². The van der Waals surface area contributed by atoms with Crippen LogP contribution >= 0.6 is 0 Å². The van der Waals surface area contributed by atoms with Gasteiger partial charge in [-0.15, -0.1) is 0 Å². The maximum Gasteiger partial charge on any atom is 0.315 e. The molecule has 0 aromatic heterocycles. The number of rotatable bonds is 4. The van der Waals surface area contributed by atoms with Gasteiger partial charge in [0.1, 0.15) is 0 Å². The van der Waals surface area contributed by atoms with Gasteiger partial charge in [-0.05, 0) is 36.5 Å². The number of aliphatic hydroxyl groups is 1. The van der Waals surface area contributed by atoms with Crippen LogP contribution in [0.25, 0.3) is 0 Å². The van der Waals surface area contributed by atoms with Crippen LogP contribution in [-0.4, -0.2) is 23.8 Å². The van der Waals surface area contributed by atoms with Crippen molar-refractivity contribution in [3.63, 3.8) is 0 Å². The van der Waals surface area contributed by atoms with E-state index >= 15 is 0 Å². The number of urea groups is 1. The van der Waals surface area contributed by atoms with E-state index in [0.717, 1.165) is 31.4 Å². The number of halogens is 3. The lowest BCUT2D eigenvalue weighted by Gasteiger charge is -2.21. The highest BCUT2D eigenvalue weighted by atomic mass is 19.2. The molecule has 1 fully saturated rings. The first-order valence-corrected chi connectivity index (χ1v) is 7.24. The lowest BCUT2D eigenvalue weighted by atomic mass is 10.1. The van der Waals surface area contributed by atoms with E-state index < -0.39 is 36.1 Å². The summed E-state index contributed by atoms with van der Waals surface area (Å²) in [4.78, 5) is 11.9. The molecule has 0 bridgehead atoms. The molecule has 0 heterocycles. The molecular formula is C15H19F3N2O2. The van der Waals surface area contributed by atoms with Crippen LogP contribution in [-0.2, 0) is 0 Å². The fourth-order valence-electron chi connectivity index (χ4n) is 2.74. The Morgan fingerprint density at radius 3 is 2.45 bits per heavy atom. The summed E-state index contributed by atoms with van der Waals surface area (Å²) in [6.07, 6.45) is 2.94. The smallest absolute Gasteiger partial charge is 0.315 e. The summed E-state index contributed by atoms with van der Waals surface area (Å²) < 4.78 is 39.4. The average molecular weight is 316 g/mol. The topological polar surface area (TPSA) is 61.4 Å². The second kappa shape index (κ2) is 7.00. The molecule has 2 amide bonds. The van der Waals surface area contributed by atoms with Crippen LogP contribution in [0.3, 0.4) is 0 Å². The SMILES string of the molecule is CC1CCCC1NC(=O)NC(CO)c1cc(F)c(F)c(F)c1. The Balaban J connectivity index is 2.04. The Morgan fingerprint density at radius 1 is 1.32 bits per heavy atom. The lowest BCUT2D eigenvalue weighted by molar-refractivity contribution is 0.212. The van der Waals surface area contributed by atoms with Crippen molar-refractivity contribution >= 4 is 6.03 Å². The molecule has 1 saturated carbocycles. The zero-order valence-electron chi connectivity index (χ0n) is 12.2. The van der Waals surface area contributed by atoms with E-state index in [-0.39, 0.29) is 11.6 Å². The summed E-state index contributed by atoms with van der Waals surface area (Å²) in [5.74, 6) is -3.94. The summed E-state index contributed by atoms with van der Waals surface area (Å²) in [5.41, 5.74) is -0.0338. The molecule has 0 aliphatic heterocycles. The maximum atomic E-state index is 13.2. The molecule has 1 aliphatic rings. The second-order valence-electron chi connectivity index (χ2n) is 5.67. The molecule has 7 heteroatoms. The first kappa shape index (κ1) is 16.6. The number of nitrogens with one attached hydrogen (secondary N) is 2. The maximum absolute atomic E-state index is 13.2. The Morgan fingerprint density at radius 2 is 1.95 bits per heavy atom. The molecule has 0 radical (unpaired) electrons. The van der Waals surface area contributed by atoms with Crippen molar-refractivity contribution in [1.82, 2.24) is 10.6 Å². The van der Waals surface area contributed by atoms with Crippen molar-refractivity contribution in [2.45, 2.75) is 38.3 Å². The standard InChI is InChI=1S/C15H19F3N2O2/c1-8-3-2-4-12(8)19-15(22)20-13(7-21)9-5-10(16)14(18)11(17)6-9/h5-6,8,12-13,21H,2-4,7H2,1H3,(H2,19,20,22). The van der Waals surface area contributed by atoms with Crippen molar-refractivity contribution in [3.05, 3.63) is 35.1 Å². The van der Waals surface area contributed by atoms with Crippen LogP contribution < -0.4 is 10.6 Å².